The molecular formula is C16H21NO2. The molecule has 0 aromatic rings. The second kappa shape index (κ2) is 7.58. The van der Waals surface area contributed by atoms with Crippen LogP contribution >= 0.6 is 0 Å². The monoisotopic (exact) mass is 259 g/mol. The Morgan fingerprint density at radius 3 is 2.42 bits per heavy atom. The zero-order valence-corrected chi connectivity index (χ0v) is 11.7. The molecule has 0 bridgehead atoms. The fourth-order valence-corrected chi connectivity index (χ4v) is 1.95. The summed E-state index contributed by atoms with van der Waals surface area (Å²) in [6.45, 7) is 7.32. The van der Waals surface area contributed by atoms with Crippen molar-refractivity contribution in [2.75, 3.05) is 0 Å². The Balaban J connectivity index is 2.47. The van der Waals surface area contributed by atoms with E-state index in [9.17, 15) is 4.79 Å². The molecular weight excluding hydrogens is 238 g/mol. The third-order valence-electron chi connectivity index (χ3n) is 3.37. The van der Waals surface area contributed by atoms with Crippen molar-refractivity contribution < 1.29 is 9.53 Å². The van der Waals surface area contributed by atoms with Crippen LogP contribution in [0.4, 0.5) is 0 Å². The van der Waals surface area contributed by atoms with Crippen molar-refractivity contribution in [3.63, 3.8) is 0 Å². The van der Waals surface area contributed by atoms with Crippen LogP contribution < -0.4 is 0 Å². The highest BCUT2D eigenvalue weighted by atomic mass is 16.5. The van der Waals surface area contributed by atoms with Crippen LogP contribution in [-0.2, 0) is 9.53 Å². The average molecular weight is 259 g/mol. The average Bonchev–Trinajstić information content (AvgIpc) is 2.44. The number of esters is 1. The van der Waals surface area contributed by atoms with Crippen LogP contribution in [0.25, 0.3) is 0 Å². The molecule has 1 saturated carbocycles. The first kappa shape index (κ1) is 15.2. The van der Waals surface area contributed by atoms with Gasteiger partial charge in [0.1, 0.15) is 6.10 Å². The van der Waals surface area contributed by atoms with Crippen molar-refractivity contribution in [1.82, 2.24) is 0 Å². The van der Waals surface area contributed by atoms with Gasteiger partial charge in [0.2, 0.25) is 0 Å². The van der Waals surface area contributed by atoms with Crippen molar-refractivity contribution in [3.8, 4) is 6.07 Å². The highest BCUT2D eigenvalue weighted by molar-refractivity contribution is 5.88. The normalized spacial score (nSPS) is 24.5. The molecule has 0 radical (unpaired) electrons. The first-order valence-electron chi connectivity index (χ1n) is 6.65. The van der Waals surface area contributed by atoms with Gasteiger partial charge in [-0.1, -0.05) is 30.4 Å². The molecule has 0 aromatic carbocycles. The van der Waals surface area contributed by atoms with Crippen molar-refractivity contribution in [2.24, 2.45) is 5.92 Å². The molecule has 0 heterocycles. The van der Waals surface area contributed by atoms with Crippen molar-refractivity contribution >= 4 is 5.97 Å². The molecule has 0 spiro atoms. The minimum atomic E-state index is -0.270. The van der Waals surface area contributed by atoms with Crippen molar-refractivity contribution in [1.29, 1.82) is 5.26 Å². The van der Waals surface area contributed by atoms with Gasteiger partial charge < -0.3 is 4.74 Å². The lowest BCUT2D eigenvalue weighted by Gasteiger charge is -2.24. The van der Waals surface area contributed by atoms with Gasteiger partial charge in [0.25, 0.3) is 0 Å². The highest BCUT2D eigenvalue weighted by Gasteiger charge is 2.23. The molecule has 0 N–H and O–H groups in total. The summed E-state index contributed by atoms with van der Waals surface area (Å²) in [5.41, 5.74) is 1.59. The lowest BCUT2D eigenvalue weighted by molar-refractivity contribution is -0.145. The summed E-state index contributed by atoms with van der Waals surface area (Å²) in [6.07, 6.45) is 8.52. The van der Waals surface area contributed by atoms with Crippen LogP contribution in [0.2, 0.25) is 0 Å². The van der Waals surface area contributed by atoms with E-state index in [2.05, 4.69) is 12.6 Å². The minimum Gasteiger partial charge on any atom is -0.459 e. The molecule has 1 fully saturated rings. The van der Waals surface area contributed by atoms with Gasteiger partial charge in [0.15, 0.2) is 0 Å². The van der Waals surface area contributed by atoms with Gasteiger partial charge >= 0.3 is 5.97 Å². The predicted octanol–water partition coefficient (Wildman–Crippen LogP) is 3.69. The number of carbonyl (C=O) groups excluding carboxylic acids is 1. The third-order valence-corrected chi connectivity index (χ3v) is 3.37. The fraction of sp³-hybridized carbons (Fsp3) is 0.500. The zero-order chi connectivity index (χ0) is 14.3. The standard InChI is InChI=1S/C16H21NO2/c1-4-12(2)5-6-13(3)16(18)19-15-9-7-14(11-17)8-10-15/h4-6,14-15H,1,7-10H2,2-3H3/b12-5-,13-6+. The summed E-state index contributed by atoms with van der Waals surface area (Å²) >= 11 is 0. The van der Waals surface area contributed by atoms with Gasteiger partial charge in [-0.2, -0.15) is 5.26 Å². The number of nitriles is 1. The Labute approximate surface area is 115 Å². The van der Waals surface area contributed by atoms with E-state index < -0.39 is 0 Å². The summed E-state index contributed by atoms with van der Waals surface area (Å²) in [7, 11) is 0. The van der Waals surface area contributed by atoms with Crippen LogP contribution in [-0.4, -0.2) is 12.1 Å². The Morgan fingerprint density at radius 1 is 1.26 bits per heavy atom. The van der Waals surface area contributed by atoms with Gasteiger partial charge in [-0.3, -0.25) is 0 Å². The molecule has 19 heavy (non-hydrogen) atoms. The molecule has 0 aromatic heterocycles. The number of hydrogen-bond donors (Lipinski definition) is 0. The molecule has 0 saturated heterocycles. The van der Waals surface area contributed by atoms with Crippen LogP contribution in [0.15, 0.2) is 36.0 Å². The predicted molar refractivity (Wildman–Crippen MR) is 75.2 cm³/mol. The van der Waals surface area contributed by atoms with Crippen LogP contribution in [0.1, 0.15) is 39.5 Å². The maximum absolute atomic E-state index is 11.9. The number of carbonyl (C=O) groups is 1. The molecule has 1 aliphatic carbocycles. The van der Waals surface area contributed by atoms with Gasteiger partial charge in [-0.25, -0.2) is 4.79 Å². The number of hydrogen-bond acceptors (Lipinski definition) is 3. The highest BCUT2D eigenvalue weighted by Crippen LogP contribution is 2.26. The number of allylic oxidation sites excluding steroid dienone is 4. The van der Waals surface area contributed by atoms with Gasteiger partial charge in [-0.15, -0.1) is 0 Å². The largest absolute Gasteiger partial charge is 0.459 e. The molecule has 0 aliphatic heterocycles. The summed E-state index contributed by atoms with van der Waals surface area (Å²) in [6, 6.07) is 2.27. The van der Waals surface area contributed by atoms with E-state index in [0.29, 0.717) is 5.57 Å². The minimum absolute atomic E-state index is 0.0371. The third kappa shape index (κ3) is 5.13. The molecule has 3 nitrogen and oxygen atoms in total. The summed E-state index contributed by atoms with van der Waals surface area (Å²) in [5, 5.41) is 8.81. The van der Waals surface area contributed by atoms with Gasteiger partial charge in [-0.05, 0) is 39.5 Å². The Kier molecular flexibility index (Phi) is 6.08. The first-order chi connectivity index (χ1) is 9.06. The smallest absolute Gasteiger partial charge is 0.333 e. The Bertz CT molecular complexity index is 432. The Morgan fingerprint density at radius 2 is 1.89 bits per heavy atom. The summed E-state index contributed by atoms with van der Waals surface area (Å²) in [5.74, 6) is -0.140. The maximum Gasteiger partial charge on any atom is 0.333 e. The fourth-order valence-electron chi connectivity index (χ4n) is 1.95. The van der Waals surface area contributed by atoms with Gasteiger partial charge in [0, 0.05) is 11.5 Å². The van der Waals surface area contributed by atoms with Crippen LogP contribution in [0.5, 0.6) is 0 Å². The van der Waals surface area contributed by atoms with E-state index in [0.717, 1.165) is 31.3 Å². The van der Waals surface area contributed by atoms with E-state index in [1.165, 1.54) is 0 Å². The zero-order valence-electron chi connectivity index (χ0n) is 11.7. The molecule has 0 amide bonds. The van der Waals surface area contributed by atoms with Crippen molar-refractivity contribution in [3.05, 3.63) is 36.0 Å². The number of ether oxygens (including phenoxy) is 1. The molecule has 3 heteroatoms. The van der Waals surface area contributed by atoms with Crippen molar-refractivity contribution in [2.45, 2.75) is 45.6 Å². The lowest BCUT2D eigenvalue weighted by Crippen LogP contribution is -2.24. The van der Waals surface area contributed by atoms with E-state index >= 15 is 0 Å². The molecule has 1 rings (SSSR count). The SMILES string of the molecule is C=C/C(C)=C\C=C(/C)C(=O)OC1CCC(C#N)CC1. The summed E-state index contributed by atoms with van der Waals surface area (Å²) < 4.78 is 5.44. The molecule has 0 unspecified atom stereocenters. The van der Waals surface area contributed by atoms with Crippen LogP contribution in [0.3, 0.4) is 0 Å². The second-order valence-electron chi connectivity index (χ2n) is 4.97. The van der Waals surface area contributed by atoms with Crippen LogP contribution in [0, 0.1) is 17.2 Å². The molecule has 102 valence electrons. The second-order valence-corrected chi connectivity index (χ2v) is 4.97. The van der Waals surface area contributed by atoms with E-state index in [1.54, 1.807) is 19.1 Å². The lowest BCUT2D eigenvalue weighted by atomic mass is 9.88. The first-order valence-corrected chi connectivity index (χ1v) is 6.65. The quantitative estimate of drug-likeness (QED) is 0.439. The maximum atomic E-state index is 11.9. The number of rotatable bonds is 4. The number of nitrogens with zero attached hydrogens (tertiary/aromatic N) is 1. The molecule has 0 atom stereocenters. The van der Waals surface area contributed by atoms with E-state index in [-0.39, 0.29) is 18.0 Å². The summed E-state index contributed by atoms with van der Waals surface area (Å²) in [4.78, 5) is 11.9. The van der Waals surface area contributed by atoms with E-state index in [1.807, 2.05) is 13.0 Å². The topological polar surface area (TPSA) is 50.1 Å². The molecule has 1 aliphatic rings. The Hall–Kier alpha value is -1.82. The van der Waals surface area contributed by atoms with Gasteiger partial charge in [0.05, 0.1) is 6.07 Å². The van der Waals surface area contributed by atoms with E-state index in [4.69, 9.17) is 10.00 Å².